The third-order valence-corrected chi connectivity index (χ3v) is 17.5. The first-order valence-electron chi connectivity index (χ1n) is 20.9. The van der Waals surface area contributed by atoms with Crippen molar-refractivity contribution in [3.05, 3.63) is 45.9 Å². The Morgan fingerprint density at radius 3 is 2.40 bits per heavy atom. The smallest absolute Gasteiger partial charge is 0.311 e. The molecule has 11 atom stereocenters. The third-order valence-electron chi connectivity index (χ3n) is 17.5. The number of likely N-dealkylation sites (tertiary alicyclic amines) is 1. The van der Waals surface area contributed by atoms with Crippen molar-refractivity contribution in [1.82, 2.24) is 9.47 Å². The van der Waals surface area contributed by atoms with Crippen molar-refractivity contribution in [2.45, 2.75) is 138 Å². The van der Waals surface area contributed by atoms with Gasteiger partial charge in [-0.2, -0.15) is 0 Å². The van der Waals surface area contributed by atoms with Crippen LogP contribution in [0.1, 0.15) is 131 Å². The van der Waals surface area contributed by atoms with Crippen LogP contribution in [0, 0.1) is 56.2 Å². The standard InChI is InChI=1S/C45H64N2O6/c1-28(48)53-36-13-14-43(6)35(40(36,2)3)12-15-45(8)38(43)34(49)23-31-32-24-42(5,17-16-41(32,4)18-19-44(31,45)7)39(51)52-21-20-46-25-29-22-30(27-46)33-10-9-11-37(50)47(33)26-29/h9-11,23,29-30,32,35-36,38H,12-22,24-27H2,1-8H3/t29-,30+,32+,35-,36-,38-,41+,42-,43-,44-,45-/m1/s1. The number of aromatic nitrogens is 1. The van der Waals surface area contributed by atoms with E-state index in [1.807, 2.05) is 10.6 Å². The highest BCUT2D eigenvalue weighted by Gasteiger charge is 2.70. The van der Waals surface area contributed by atoms with Crippen LogP contribution in [0.3, 0.4) is 0 Å². The highest BCUT2D eigenvalue weighted by atomic mass is 16.5. The highest BCUT2D eigenvalue weighted by molar-refractivity contribution is 5.95. The maximum absolute atomic E-state index is 14.8. The number of ether oxygens (including phenoxy) is 2. The predicted octanol–water partition coefficient (Wildman–Crippen LogP) is 7.72. The Labute approximate surface area is 316 Å². The molecule has 0 amide bonds. The van der Waals surface area contributed by atoms with Crippen LogP contribution in [0.25, 0.3) is 0 Å². The molecular weight excluding hydrogens is 665 g/mol. The lowest BCUT2D eigenvalue weighted by molar-refractivity contribution is -0.210. The van der Waals surface area contributed by atoms with Crippen LogP contribution in [0.5, 0.6) is 0 Å². The molecule has 8 heteroatoms. The first-order chi connectivity index (χ1) is 24.8. The van der Waals surface area contributed by atoms with Crippen molar-refractivity contribution in [2.75, 3.05) is 26.2 Å². The summed E-state index contributed by atoms with van der Waals surface area (Å²) in [5.74, 6) is 1.15. The summed E-state index contributed by atoms with van der Waals surface area (Å²) in [6.45, 7) is 21.5. The van der Waals surface area contributed by atoms with Gasteiger partial charge in [0, 0.05) is 62.1 Å². The first kappa shape index (κ1) is 37.2. The van der Waals surface area contributed by atoms with E-state index in [4.69, 9.17) is 9.47 Å². The molecule has 0 unspecified atom stereocenters. The van der Waals surface area contributed by atoms with E-state index in [0.717, 1.165) is 89.5 Å². The lowest BCUT2D eigenvalue weighted by Crippen LogP contribution is -2.66. The molecule has 0 N–H and O–H groups in total. The monoisotopic (exact) mass is 728 g/mol. The Hall–Kier alpha value is -2.74. The Morgan fingerprint density at radius 2 is 1.64 bits per heavy atom. The second-order valence-electron chi connectivity index (χ2n) is 20.8. The molecule has 8 rings (SSSR count). The predicted molar refractivity (Wildman–Crippen MR) is 204 cm³/mol. The molecule has 0 spiro atoms. The SMILES string of the molecule is CC(=O)O[C@@H]1CC[C@]2(C)[C@H](CC[C@]3(C)[C@@H]2C(=O)C=C2[C@@H]4C[C@](C)(C(=O)OCCN5C[C@H]6C[C@@H](C5)c5cccc(=O)n5C6)CC[C@@]4(C)CC[C@]23C)C1(C)C. The second-order valence-corrected chi connectivity index (χ2v) is 20.8. The number of carbonyl (C=O) groups excluding carboxylic acids is 3. The number of piperidine rings is 1. The van der Waals surface area contributed by atoms with Crippen molar-refractivity contribution >= 4 is 17.7 Å². The lowest BCUT2D eigenvalue weighted by Gasteiger charge is -2.70. The second kappa shape index (κ2) is 12.4. The van der Waals surface area contributed by atoms with Crippen molar-refractivity contribution in [3.8, 4) is 0 Å². The number of hydrogen-bond donors (Lipinski definition) is 0. The maximum Gasteiger partial charge on any atom is 0.311 e. The summed E-state index contributed by atoms with van der Waals surface area (Å²) < 4.78 is 14.0. The summed E-state index contributed by atoms with van der Waals surface area (Å²) in [6.07, 6.45) is 11.5. The fourth-order valence-corrected chi connectivity index (χ4v) is 14.4. The van der Waals surface area contributed by atoms with Gasteiger partial charge < -0.3 is 14.0 Å². The topological polar surface area (TPSA) is 94.9 Å². The number of rotatable bonds is 5. The average molecular weight is 729 g/mol. The normalized spacial score (nSPS) is 44.2. The molecule has 3 heterocycles. The zero-order valence-electron chi connectivity index (χ0n) is 33.7. The van der Waals surface area contributed by atoms with Crippen LogP contribution in [-0.4, -0.2) is 59.5 Å². The Morgan fingerprint density at radius 1 is 0.887 bits per heavy atom. The third kappa shape index (κ3) is 5.51. The number of nitrogens with zero attached hydrogens (tertiary/aromatic N) is 2. The zero-order valence-corrected chi connectivity index (χ0v) is 33.7. The van der Waals surface area contributed by atoms with E-state index in [1.165, 1.54) is 12.5 Å². The van der Waals surface area contributed by atoms with E-state index in [0.29, 0.717) is 30.9 Å². The number of carbonyl (C=O) groups is 3. The van der Waals surface area contributed by atoms with Gasteiger partial charge in [-0.3, -0.25) is 24.1 Å². The van der Waals surface area contributed by atoms with Gasteiger partial charge in [0.2, 0.25) is 0 Å². The van der Waals surface area contributed by atoms with Crippen molar-refractivity contribution in [1.29, 1.82) is 0 Å². The summed E-state index contributed by atoms with van der Waals surface area (Å²) in [6, 6.07) is 5.64. The van der Waals surface area contributed by atoms with Crippen LogP contribution in [0.2, 0.25) is 0 Å². The summed E-state index contributed by atoms with van der Waals surface area (Å²) >= 11 is 0. The van der Waals surface area contributed by atoms with E-state index in [9.17, 15) is 19.2 Å². The number of pyridine rings is 1. The van der Waals surface area contributed by atoms with Gasteiger partial charge in [0.15, 0.2) is 5.78 Å². The number of ketones is 1. The van der Waals surface area contributed by atoms with Crippen molar-refractivity contribution in [2.24, 2.45) is 56.2 Å². The highest BCUT2D eigenvalue weighted by Crippen LogP contribution is 2.75. The molecule has 1 aromatic rings. The van der Waals surface area contributed by atoms with Gasteiger partial charge >= 0.3 is 11.9 Å². The van der Waals surface area contributed by atoms with Gasteiger partial charge in [-0.1, -0.05) is 53.2 Å². The molecule has 290 valence electrons. The molecule has 0 radical (unpaired) electrons. The quantitative estimate of drug-likeness (QED) is 0.287. The number of hydrogen-bond acceptors (Lipinski definition) is 7. The molecule has 5 aliphatic carbocycles. The minimum absolute atomic E-state index is 0.0592. The van der Waals surface area contributed by atoms with Crippen LogP contribution >= 0.6 is 0 Å². The van der Waals surface area contributed by atoms with Gasteiger partial charge in [-0.25, -0.2) is 0 Å². The largest absolute Gasteiger partial charge is 0.464 e. The average Bonchev–Trinajstić information content (AvgIpc) is 3.08. The van der Waals surface area contributed by atoms with Gasteiger partial charge in [0.1, 0.15) is 12.7 Å². The van der Waals surface area contributed by atoms with E-state index < -0.39 is 5.41 Å². The van der Waals surface area contributed by atoms with E-state index in [1.54, 1.807) is 6.07 Å². The van der Waals surface area contributed by atoms with E-state index >= 15 is 0 Å². The molecule has 7 aliphatic rings. The summed E-state index contributed by atoms with van der Waals surface area (Å²) in [7, 11) is 0. The Kier molecular flexibility index (Phi) is 8.69. The molecule has 53 heavy (non-hydrogen) atoms. The van der Waals surface area contributed by atoms with E-state index in [2.05, 4.69) is 65.5 Å². The molecule has 5 fully saturated rings. The molecule has 2 aliphatic heterocycles. The fraction of sp³-hybridized carbons (Fsp3) is 0.778. The number of esters is 2. The first-order valence-corrected chi connectivity index (χ1v) is 20.9. The minimum Gasteiger partial charge on any atom is -0.464 e. The summed E-state index contributed by atoms with van der Waals surface area (Å²) in [5.41, 5.74) is 1.33. The summed E-state index contributed by atoms with van der Waals surface area (Å²) in [5, 5.41) is 0. The van der Waals surface area contributed by atoms with Crippen molar-refractivity contribution in [3.63, 3.8) is 0 Å². The molecule has 1 saturated heterocycles. The number of allylic oxidation sites excluding steroid dienone is 2. The minimum atomic E-state index is -0.592. The van der Waals surface area contributed by atoms with Gasteiger partial charge in [-0.15, -0.1) is 0 Å². The van der Waals surface area contributed by atoms with Crippen LogP contribution < -0.4 is 5.56 Å². The molecule has 2 bridgehead atoms. The molecule has 4 saturated carbocycles. The van der Waals surface area contributed by atoms with Gasteiger partial charge in [0.05, 0.1) is 5.41 Å². The lowest BCUT2D eigenvalue weighted by atomic mass is 9.33. The van der Waals surface area contributed by atoms with Gasteiger partial charge in [0.25, 0.3) is 5.56 Å². The molecule has 1 aromatic heterocycles. The molecule has 0 aromatic carbocycles. The Balaban J connectivity index is 0.990. The fourth-order valence-electron chi connectivity index (χ4n) is 14.4. The van der Waals surface area contributed by atoms with Crippen molar-refractivity contribution < 1.29 is 23.9 Å². The maximum atomic E-state index is 14.8. The van der Waals surface area contributed by atoms with Crippen LogP contribution in [0.15, 0.2) is 34.6 Å². The Bertz CT molecular complexity index is 1800. The molecule has 8 nitrogen and oxygen atoms in total. The van der Waals surface area contributed by atoms with Gasteiger partial charge in [-0.05, 0) is 123 Å². The summed E-state index contributed by atoms with van der Waals surface area (Å²) in [4.78, 5) is 55.9. The zero-order chi connectivity index (χ0) is 37.9. The van der Waals surface area contributed by atoms with Crippen LogP contribution in [-0.2, 0) is 30.4 Å². The number of fused-ring (bicyclic) bond motifs is 11. The van der Waals surface area contributed by atoms with E-state index in [-0.39, 0.29) is 68.3 Å². The molecular formula is C45H64N2O6. The van der Waals surface area contributed by atoms with Crippen LogP contribution in [0.4, 0.5) is 0 Å².